The van der Waals surface area contributed by atoms with Crippen LogP contribution >= 0.6 is 0 Å². The van der Waals surface area contributed by atoms with Gasteiger partial charge in [0.2, 0.25) is 11.6 Å². The van der Waals surface area contributed by atoms with Crippen molar-refractivity contribution in [2.75, 3.05) is 31.1 Å². The molecule has 2 aromatic rings. The zero-order valence-electron chi connectivity index (χ0n) is 16.5. The van der Waals surface area contributed by atoms with Crippen LogP contribution in [0.5, 0.6) is 0 Å². The maximum Gasteiger partial charge on any atom is 0.427 e. The summed E-state index contributed by atoms with van der Waals surface area (Å²) in [7, 11) is 0. The molecule has 1 unspecified atom stereocenters. The molecule has 1 aromatic heterocycles. The number of benzene rings is 1. The number of aromatic nitrogens is 2. The lowest BCUT2D eigenvalue weighted by Crippen LogP contribution is -2.54. The van der Waals surface area contributed by atoms with Gasteiger partial charge in [0.05, 0.1) is 5.57 Å². The van der Waals surface area contributed by atoms with E-state index in [-0.39, 0.29) is 18.7 Å². The van der Waals surface area contributed by atoms with E-state index in [4.69, 9.17) is 0 Å². The molecular weight excluding hydrogens is 412 g/mol. The van der Waals surface area contributed by atoms with E-state index in [0.717, 1.165) is 6.08 Å². The summed E-state index contributed by atoms with van der Waals surface area (Å²) >= 11 is 0. The number of halogens is 4. The van der Waals surface area contributed by atoms with Crippen molar-refractivity contribution in [3.05, 3.63) is 72.1 Å². The van der Waals surface area contributed by atoms with Crippen LogP contribution in [0.25, 0.3) is 5.57 Å². The van der Waals surface area contributed by atoms with Gasteiger partial charge in [-0.05, 0) is 23.3 Å². The zero-order chi connectivity index (χ0) is 22.1. The molecule has 1 saturated heterocycles. The Morgan fingerprint density at radius 3 is 2.19 bits per heavy atom. The summed E-state index contributed by atoms with van der Waals surface area (Å²) < 4.78 is 57.0. The van der Waals surface area contributed by atoms with Gasteiger partial charge in [-0.3, -0.25) is 4.79 Å². The number of alkyl halides is 4. The second-order valence-corrected chi connectivity index (χ2v) is 7.44. The highest BCUT2D eigenvalue weighted by atomic mass is 19.4. The minimum atomic E-state index is -5.22. The molecule has 31 heavy (non-hydrogen) atoms. The maximum absolute atomic E-state index is 15.5. The lowest BCUT2D eigenvalue weighted by atomic mass is 9.80. The Morgan fingerprint density at radius 2 is 1.58 bits per heavy atom. The minimum Gasteiger partial charge on any atom is -0.337 e. The van der Waals surface area contributed by atoms with E-state index >= 15 is 4.39 Å². The average molecular weight is 432 g/mol. The highest BCUT2D eigenvalue weighted by Crippen LogP contribution is 2.48. The van der Waals surface area contributed by atoms with Crippen molar-refractivity contribution in [2.45, 2.75) is 18.3 Å². The Bertz CT molecular complexity index is 999. The Balaban J connectivity index is 1.57. The van der Waals surface area contributed by atoms with E-state index in [1.165, 1.54) is 11.0 Å². The van der Waals surface area contributed by atoms with Gasteiger partial charge in [0.25, 0.3) is 5.91 Å². The Hall–Kier alpha value is -3.23. The number of rotatable bonds is 3. The SMILES string of the molecule is O=C(C1=CC=C(c2ccccc2)CC1(F)C(F)(F)F)N1CCN(c2ncccn2)CC1. The van der Waals surface area contributed by atoms with Gasteiger partial charge in [0.1, 0.15) is 0 Å². The first-order valence-corrected chi connectivity index (χ1v) is 9.83. The van der Waals surface area contributed by atoms with Crippen LogP contribution in [-0.2, 0) is 4.79 Å². The molecule has 1 aliphatic carbocycles. The van der Waals surface area contributed by atoms with Crippen molar-refractivity contribution in [3.8, 4) is 0 Å². The fraction of sp³-hybridized carbons (Fsp3) is 0.318. The van der Waals surface area contributed by atoms with Crippen molar-refractivity contribution < 1.29 is 22.4 Å². The predicted molar refractivity (Wildman–Crippen MR) is 108 cm³/mol. The van der Waals surface area contributed by atoms with Crippen LogP contribution in [0.15, 0.2) is 66.5 Å². The predicted octanol–water partition coefficient (Wildman–Crippen LogP) is 3.81. The normalized spacial score (nSPS) is 22.1. The maximum atomic E-state index is 15.5. The van der Waals surface area contributed by atoms with Crippen LogP contribution in [0, 0.1) is 0 Å². The third-order valence-electron chi connectivity index (χ3n) is 5.54. The third-order valence-corrected chi connectivity index (χ3v) is 5.54. The summed E-state index contributed by atoms with van der Waals surface area (Å²) in [5.41, 5.74) is -3.93. The zero-order valence-corrected chi connectivity index (χ0v) is 16.5. The molecule has 0 radical (unpaired) electrons. The summed E-state index contributed by atoms with van der Waals surface area (Å²) in [4.78, 5) is 24.3. The fourth-order valence-electron chi connectivity index (χ4n) is 3.81. The smallest absolute Gasteiger partial charge is 0.337 e. The average Bonchev–Trinajstić information content (AvgIpc) is 2.79. The second kappa shape index (κ2) is 8.13. The molecule has 1 amide bonds. The van der Waals surface area contributed by atoms with Gasteiger partial charge in [-0.25, -0.2) is 14.4 Å². The molecule has 162 valence electrons. The Morgan fingerprint density at radius 1 is 0.935 bits per heavy atom. The van der Waals surface area contributed by atoms with E-state index < -0.39 is 29.7 Å². The Kier molecular flexibility index (Phi) is 5.51. The first kappa shape index (κ1) is 21.0. The summed E-state index contributed by atoms with van der Waals surface area (Å²) in [6, 6.07) is 9.98. The number of carbonyl (C=O) groups excluding carboxylic acids is 1. The van der Waals surface area contributed by atoms with Gasteiger partial charge in [-0.15, -0.1) is 0 Å². The van der Waals surface area contributed by atoms with Gasteiger partial charge in [-0.1, -0.05) is 36.4 Å². The van der Waals surface area contributed by atoms with Gasteiger partial charge >= 0.3 is 6.18 Å². The Labute approximate surface area is 176 Å². The van der Waals surface area contributed by atoms with Crippen molar-refractivity contribution in [3.63, 3.8) is 0 Å². The van der Waals surface area contributed by atoms with Crippen molar-refractivity contribution in [1.82, 2.24) is 14.9 Å². The second-order valence-electron chi connectivity index (χ2n) is 7.44. The molecule has 1 aliphatic heterocycles. The van der Waals surface area contributed by atoms with Gasteiger partial charge in [0, 0.05) is 45.0 Å². The fourth-order valence-corrected chi connectivity index (χ4v) is 3.81. The van der Waals surface area contributed by atoms with Crippen molar-refractivity contribution in [2.24, 2.45) is 0 Å². The summed E-state index contributed by atoms with van der Waals surface area (Å²) in [5.74, 6) is -0.450. The molecule has 4 rings (SSSR count). The largest absolute Gasteiger partial charge is 0.427 e. The number of carbonyl (C=O) groups is 1. The number of hydrogen-bond donors (Lipinski definition) is 0. The van der Waals surface area contributed by atoms with Crippen LogP contribution in [0.3, 0.4) is 0 Å². The van der Waals surface area contributed by atoms with E-state index in [9.17, 15) is 18.0 Å². The summed E-state index contributed by atoms with van der Waals surface area (Å²) in [5, 5.41) is 0. The lowest BCUT2D eigenvalue weighted by molar-refractivity contribution is -0.215. The number of nitrogens with zero attached hydrogens (tertiary/aromatic N) is 4. The van der Waals surface area contributed by atoms with Gasteiger partial charge < -0.3 is 9.80 Å². The monoisotopic (exact) mass is 432 g/mol. The molecule has 0 N–H and O–H groups in total. The van der Waals surface area contributed by atoms with Crippen LogP contribution in [0.4, 0.5) is 23.5 Å². The minimum absolute atomic E-state index is 0.150. The number of hydrogen-bond acceptors (Lipinski definition) is 4. The van der Waals surface area contributed by atoms with E-state index in [2.05, 4.69) is 9.97 Å². The molecular formula is C22H20F4N4O. The van der Waals surface area contributed by atoms with Crippen molar-refractivity contribution in [1.29, 1.82) is 0 Å². The molecule has 5 nitrogen and oxygen atoms in total. The highest BCUT2D eigenvalue weighted by molar-refractivity contribution is 5.98. The highest BCUT2D eigenvalue weighted by Gasteiger charge is 2.61. The molecule has 1 fully saturated rings. The summed E-state index contributed by atoms with van der Waals surface area (Å²) in [6.45, 7) is 0.994. The molecule has 0 saturated carbocycles. The number of piperazine rings is 1. The lowest BCUT2D eigenvalue weighted by Gasteiger charge is -2.38. The van der Waals surface area contributed by atoms with Gasteiger partial charge in [-0.2, -0.15) is 13.2 Å². The van der Waals surface area contributed by atoms with Crippen molar-refractivity contribution >= 4 is 17.4 Å². The number of amides is 1. The standard InChI is InChI=1S/C22H20F4N4O/c23-21(22(24,25)26)15-17(16-5-2-1-3-6-16)7-8-18(21)19(31)29-11-13-30(14-12-29)20-27-9-4-10-28-20/h1-10H,11-15H2. The van der Waals surface area contributed by atoms with Crippen LogP contribution in [0.2, 0.25) is 0 Å². The van der Waals surface area contributed by atoms with Gasteiger partial charge in [0.15, 0.2) is 0 Å². The number of anilines is 1. The summed E-state index contributed by atoms with van der Waals surface area (Å²) in [6.07, 6.45) is -0.596. The molecule has 0 bridgehead atoms. The molecule has 1 aromatic carbocycles. The van der Waals surface area contributed by atoms with Crippen LogP contribution in [0.1, 0.15) is 12.0 Å². The first-order chi connectivity index (χ1) is 14.8. The van der Waals surface area contributed by atoms with Crippen LogP contribution in [-0.4, -0.2) is 58.8 Å². The topological polar surface area (TPSA) is 49.3 Å². The van der Waals surface area contributed by atoms with E-state index in [1.807, 2.05) is 4.90 Å². The third kappa shape index (κ3) is 4.04. The molecule has 2 aliphatic rings. The molecule has 0 spiro atoms. The molecule has 1 atom stereocenters. The molecule has 2 heterocycles. The number of allylic oxidation sites excluding steroid dienone is 3. The molecule has 9 heteroatoms. The van der Waals surface area contributed by atoms with E-state index in [1.54, 1.807) is 48.8 Å². The first-order valence-electron chi connectivity index (χ1n) is 9.83. The quantitative estimate of drug-likeness (QED) is 0.693. The van der Waals surface area contributed by atoms with Crippen LogP contribution < -0.4 is 4.90 Å². The van der Waals surface area contributed by atoms with E-state index in [0.29, 0.717) is 24.6 Å².